The first-order valence-corrected chi connectivity index (χ1v) is 5.25. The summed E-state index contributed by atoms with van der Waals surface area (Å²) >= 11 is 6.12. The van der Waals surface area contributed by atoms with Crippen LogP contribution in [0.25, 0.3) is 0 Å². The van der Waals surface area contributed by atoms with Gasteiger partial charge in [-0.1, -0.05) is 29.8 Å². The SMILES string of the molecule is COC(c1cccnn1)c1ccccc1Cl. The smallest absolute Gasteiger partial charge is 0.127 e. The van der Waals surface area contributed by atoms with Gasteiger partial charge in [0.15, 0.2) is 0 Å². The molecule has 1 aromatic carbocycles. The van der Waals surface area contributed by atoms with E-state index in [-0.39, 0.29) is 6.10 Å². The summed E-state index contributed by atoms with van der Waals surface area (Å²) in [4.78, 5) is 0. The maximum absolute atomic E-state index is 6.12. The number of halogens is 1. The first-order chi connectivity index (χ1) is 7.83. The second-order valence-electron chi connectivity index (χ2n) is 3.29. The lowest BCUT2D eigenvalue weighted by Gasteiger charge is -2.15. The van der Waals surface area contributed by atoms with Gasteiger partial charge in [-0.3, -0.25) is 0 Å². The van der Waals surface area contributed by atoms with Gasteiger partial charge in [-0.05, 0) is 18.2 Å². The summed E-state index contributed by atoms with van der Waals surface area (Å²) in [6.45, 7) is 0. The second kappa shape index (κ2) is 5.05. The lowest BCUT2D eigenvalue weighted by Crippen LogP contribution is -2.06. The quantitative estimate of drug-likeness (QED) is 0.819. The van der Waals surface area contributed by atoms with Gasteiger partial charge in [-0.15, -0.1) is 0 Å². The van der Waals surface area contributed by atoms with Gasteiger partial charge in [0.25, 0.3) is 0 Å². The van der Waals surface area contributed by atoms with Crippen molar-refractivity contribution in [2.24, 2.45) is 0 Å². The molecule has 82 valence electrons. The number of benzene rings is 1. The molecular weight excluding hydrogens is 224 g/mol. The van der Waals surface area contributed by atoms with E-state index >= 15 is 0 Å². The van der Waals surface area contributed by atoms with Crippen LogP contribution in [0.15, 0.2) is 42.6 Å². The predicted molar refractivity (Wildman–Crippen MR) is 62.3 cm³/mol. The Morgan fingerprint density at radius 1 is 1.19 bits per heavy atom. The molecule has 2 aromatic rings. The van der Waals surface area contributed by atoms with Crippen LogP contribution in [-0.2, 0) is 4.74 Å². The van der Waals surface area contributed by atoms with Crippen molar-refractivity contribution in [2.45, 2.75) is 6.10 Å². The Morgan fingerprint density at radius 2 is 2.00 bits per heavy atom. The number of hydrogen-bond donors (Lipinski definition) is 0. The summed E-state index contributed by atoms with van der Waals surface area (Å²) in [5, 5.41) is 8.54. The van der Waals surface area contributed by atoms with E-state index in [4.69, 9.17) is 16.3 Å². The van der Waals surface area contributed by atoms with Crippen LogP contribution in [0, 0.1) is 0 Å². The third-order valence-corrected chi connectivity index (χ3v) is 2.63. The normalized spacial score (nSPS) is 12.4. The van der Waals surface area contributed by atoms with Crippen LogP contribution in [0.5, 0.6) is 0 Å². The van der Waals surface area contributed by atoms with E-state index in [0.29, 0.717) is 5.02 Å². The summed E-state index contributed by atoms with van der Waals surface area (Å²) in [5.41, 5.74) is 1.64. The van der Waals surface area contributed by atoms with E-state index in [2.05, 4.69) is 10.2 Å². The summed E-state index contributed by atoms with van der Waals surface area (Å²) < 4.78 is 5.42. The van der Waals surface area contributed by atoms with Gasteiger partial charge in [0.05, 0.1) is 5.69 Å². The topological polar surface area (TPSA) is 35.0 Å². The molecule has 0 aliphatic heterocycles. The van der Waals surface area contributed by atoms with Crippen LogP contribution in [0.3, 0.4) is 0 Å². The Kier molecular flexibility index (Phi) is 3.49. The Morgan fingerprint density at radius 3 is 2.62 bits per heavy atom. The van der Waals surface area contributed by atoms with Crippen molar-refractivity contribution >= 4 is 11.6 Å². The van der Waals surface area contributed by atoms with Gasteiger partial charge in [0.1, 0.15) is 6.10 Å². The van der Waals surface area contributed by atoms with Crippen molar-refractivity contribution in [3.05, 3.63) is 58.9 Å². The van der Waals surface area contributed by atoms with Crippen LogP contribution in [0.4, 0.5) is 0 Å². The van der Waals surface area contributed by atoms with Gasteiger partial charge in [-0.25, -0.2) is 0 Å². The van der Waals surface area contributed by atoms with Crippen molar-refractivity contribution < 1.29 is 4.74 Å². The number of rotatable bonds is 3. The minimum Gasteiger partial charge on any atom is -0.370 e. The summed E-state index contributed by atoms with van der Waals surface area (Å²) in [6.07, 6.45) is 1.35. The average Bonchev–Trinajstić information content (AvgIpc) is 2.34. The van der Waals surface area contributed by atoms with E-state index in [0.717, 1.165) is 11.3 Å². The van der Waals surface area contributed by atoms with Gasteiger partial charge in [-0.2, -0.15) is 10.2 Å². The van der Waals surface area contributed by atoms with Gasteiger partial charge in [0, 0.05) is 23.9 Å². The van der Waals surface area contributed by atoms with E-state index in [1.807, 2.05) is 36.4 Å². The molecule has 1 unspecified atom stereocenters. The lowest BCUT2D eigenvalue weighted by molar-refractivity contribution is 0.132. The fourth-order valence-electron chi connectivity index (χ4n) is 1.55. The molecule has 4 heteroatoms. The van der Waals surface area contributed by atoms with Crippen molar-refractivity contribution in [2.75, 3.05) is 7.11 Å². The molecular formula is C12H11ClN2O. The molecule has 1 heterocycles. The molecule has 0 spiro atoms. The van der Waals surface area contributed by atoms with Crippen LogP contribution in [-0.4, -0.2) is 17.3 Å². The number of hydrogen-bond acceptors (Lipinski definition) is 3. The van der Waals surface area contributed by atoms with E-state index in [1.54, 1.807) is 13.3 Å². The van der Waals surface area contributed by atoms with Crippen molar-refractivity contribution in [3.63, 3.8) is 0 Å². The fourth-order valence-corrected chi connectivity index (χ4v) is 1.78. The highest BCUT2D eigenvalue weighted by molar-refractivity contribution is 6.31. The highest BCUT2D eigenvalue weighted by Gasteiger charge is 2.17. The molecule has 0 saturated carbocycles. The molecule has 0 bridgehead atoms. The molecule has 0 aliphatic rings. The molecule has 0 saturated heterocycles. The molecule has 3 nitrogen and oxygen atoms in total. The van der Waals surface area contributed by atoms with Crippen molar-refractivity contribution in [3.8, 4) is 0 Å². The predicted octanol–water partition coefficient (Wildman–Crippen LogP) is 2.87. The Hall–Kier alpha value is -1.45. The Balaban J connectivity index is 2.41. The zero-order chi connectivity index (χ0) is 11.4. The Labute approximate surface area is 99.0 Å². The molecule has 1 aromatic heterocycles. The molecule has 0 amide bonds. The highest BCUT2D eigenvalue weighted by atomic mass is 35.5. The van der Waals surface area contributed by atoms with E-state index in [9.17, 15) is 0 Å². The summed E-state index contributed by atoms with van der Waals surface area (Å²) in [7, 11) is 1.63. The molecule has 1 atom stereocenters. The van der Waals surface area contributed by atoms with E-state index in [1.165, 1.54) is 0 Å². The van der Waals surface area contributed by atoms with Crippen molar-refractivity contribution in [1.29, 1.82) is 0 Å². The third-order valence-electron chi connectivity index (χ3n) is 2.28. The van der Waals surface area contributed by atoms with Gasteiger partial charge < -0.3 is 4.74 Å². The van der Waals surface area contributed by atoms with Crippen LogP contribution in [0.2, 0.25) is 5.02 Å². The number of methoxy groups -OCH3 is 1. The fraction of sp³-hybridized carbons (Fsp3) is 0.167. The Bertz CT molecular complexity index is 462. The molecule has 0 fully saturated rings. The summed E-state index contributed by atoms with van der Waals surface area (Å²) in [6, 6.07) is 11.2. The molecule has 0 aliphatic carbocycles. The third kappa shape index (κ3) is 2.21. The second-order valence-corrected chi connectivity index (χ2v) is 3.69. The molecule has 2 rings (SSSR count). The minimum atomic E-state index is -0.276. The highest BCUT2D eigenvalue weighted by Crippen LogP contribution is 2.28. The lowest BCUT2D eigenvalue weighted by atomic mass is 10.1. The maximum Gasteiger partial charge on any atom is 0.127 e. The zero-order valence-electron chi connectivity index (χ0n) is 8.80. The van der Waals surface area contributed by atoms with Crippen LogP contribution in [0.1, 0.15) is 17.4 Å². The summed E-state index contributed by atoms with van der Waals surface area (Å²) in [5.74, 6) is 0. The van der Waals surface area contributed by atoms with Crippen molar-refractivity contribution in [1.82, 2.24) is 10.2 Å². The standard InChI is InChI=1S/C12H11ClN2O/c1-16-12(11-7-4-8-14-15-11)9-5-2-3-6-10(9)13/h2-8,12H,1H3. The first-order valence-electron chi connectivity index (χ1n) is 4.87. The average molecular weight is 235 g/mol. The zero-order valence-corrected chi connectivity index (χ0v) is 9.56. The first kappa shape index (κ1) is 11.0. The molecule has 0 radical (unpaired) electrons. The molecule has 0 N–H and O–H groups in total. The number of aromatic nitrogens is 2. The van der Waals surface area contributed by atoms with Gasteiger partial charge in [0.2, 0.25) is 0 Å². The molecule has 16 heavy (non-hydrogen) atoms. The number of nitrogens with zero attached hydrogens (tertiary/aromatic N) is 2. The monoisotopic (exact) mass is 234 g/mol. The minimum absolute atomic E-state index is 0.276. The van der Waals surface area contributed by atoms with Crippen LogP contribution < -0.4 is 0 Å². The van der Waals surface area contributed by atoms with E-state index < -0.39 is 0 Å². The number of ether oxygens (including phenoxy) is 1. The maximum atomic E-state index is 6.12. The van der Waals surface area contributed by atoms with Gasteiger partial charge >= 0.3 is 0 Å². The largest absolute Gasteiger partial charge is 0.370 e. The van der Waals surface area contributed by atoms with Crippen LogP contribution >= 0.6 is 11.6 Å².